The first kappa shape index (κ1) is 18.5. The number of benzene rings is 1. The molecular formula is C18H24FN3O4S. The Balaban J connectivity index is 1.44. The maximum absolute atomic E-state index is 15.0. The molecule has 1 unspecified atom stereocenters. The molecule has 1 saturated carbocycles. The highest BCUT2D eigenvalue weighted by molar-refractivity contribution is 7.92. The van der Waals surface area contributed by atoms with Gasteiger partial charge in [0.2, 0.25) is 0 Å². The van der Waals surface area contributed by atoms with Gasteiger partial charge in [-0.2, -0.15) is 8.42 Å². The normalized spacial score (nSPS) is 23.5. The van der Waals surface area contributed by atoms with Crippen molar-refractivity contribution in [3.63, 3.8) is 0 Å². The van der Waals surface area contributed by atoms with E-state index in [0.717, 1.165) is 25.4 Å². The van der Waals surface area contributed by atoms with Crippen molar-refractivity contribution in [2.75, 3.05) is 23.9 Å². The van der Waals surface area contributed by atoms with Gasteiger partial charge in [0.25, 0.3) is 5.91 Å². The van der Waals surface area contributed by atoms with Crippen LogP contribution in [0.3, 0.4) is 0 Å². The smallest absolute Gasteiger partial charge is 0.326 e. The van der Waals surface area contributed by atoms with Crippen molar-refractivity contribution in [3.8, 4) is 5.75 Å². The van der Waals surface area contributed by atoms with Crippen LogP contribution in [0.5, 0.6) is 5.75 Å². The van der Waals surface area contributed by atoms with Crippen molar-refractivity contribution in [1.82, 2.24) is 10.0 Å². The molecule has 2 aliphatic carbocycles. The fraction of sp³-hybridized carbons (Fsp3) is 0.611. The Kier molecular flexibility index (Phi) is 4.75. The zero-order valence-electron chi connectivity index (χ0n) is 15.0. The van der Waals surface area contributed by atoms with Crippen LogP contribution in [0.4, 0.5) is 10.1 Å². The van der Waals surface area contributed by atoms with Crippen molar-refractivity contribution in [3.05, 3.63) is 23.0 Å². The summed E-state index contributed by atoms with van der Waals surface area (Å²) in [4.78, 5) is 11.4. The fourth-order valence-corrected chi connectivity index (χ4v) is 5.21. The van der Waals surface area contributed by atoms with E-state index in [9.17, 15) is 18.3 Å². The standard InChI is InChI=1S/C18H24FN3O4S/c19-17-14-7-12(9-20-5-1-2-11-3-4-11)6-13(14)8-15(23)18(17)22-10-16(24)21-27(22,25)26/h8,11-12,20,23H,1-7,9-10H2,(H,21,24). The van der Waals surface area contributed by atoms with E-state index in [1.165, 1.54) is 25.3 Å². The number of anilines is 1. The highest BCUT2D eigenvalue weighted by Gasteiger charge is 2.39. The zero-order chi connectivity index (χ0) is 19.2. The summed E-state index contributed by atoms with van der Waals surface area (Å²) >= 11 is 0. The summed E-state index contributed by atoms with van der Waals surface area (Å²) in [6.07, 6.45) is 6.26. The fourth-order valence-electron chi connectivity index (χ4n) is 4.05. The number of aromatic hydroxyl groups is 1. The van der Waals surface area contributed by atoms with Crippen molar-refractivity contribution < 1.29 is 22.7 Å². The molecule has 1 aliphatic heterocycles. The highest BCUT2D eigenvalue weighted by Crippen LogP contribution is 2.41. The van der Waals surface area contributed by atoms with Gasteiger partial charge in [0.05, 0.1) is 0 Å². The van der Waals surface area contributed by atoms with Crippen LogP contribution in [0.1, 0.15) is 36.8 Å². The number of carbonyl (C=O) groups excluding carboxylic acids is 1. The summed E-state index contributed by atoms with van der Waals surface area (Å²) in [5, 5.41) is 13.6. The van der Waals surface area contributed by atoms with Gasteiger partial charge in [-0.3, -0.25) is 4.79 Å². The quantitative estimate of drug-likeness (QED) is 0.601. The van der Waals surface area contributed by atoms with Gasteiger partial charge < -0.3 is 10.4 Å². The van der Waals surface area contributed by atoms with Gasteiger partial charge in [-0.15, -0.1) is 0 Å². The van der Waals surface area contributed by atoms with E-state index in [4.69, 9.17) is 0 Å². The van der Waals surface area contributed by atoms with Crippen LogP contribution in [0.2, 0.25) is 0 Å². The minimum atomic E-state index is -4.17. The average molecular weight is 397 g/mol. The lowest BCUT2D eigenvalue weighted by Gasteiger charge is -2.18. The molecule has 0 spiro atoms. The molecule has 7 nitrogen and oxygen atoms in total. The molecule has 1 aromatic carbocycles. The van der Waals surface area contributed by atoms with Gasteiger partial charge in [-0.1, -0.05) is 12.8 Å². The van der Waals surface area contributed by atoms with Gasteiger partial charge in [0.1, 0.15) is 18.0 Å². The van der Waals surface area contributed by atoms with Gasteiger partial charge in [-0.05, 0) is 67.8 Å². The topological polar surface area (TPSA) is 98.7 Å². The van der Waals surface area contributed by atoms with Crippen LogP contribution in [0, 0.1) is 17.7 Å². The van der Waals surface area contributed by atoms with E-state index in [2.05, 4.69) is 5.32 Å². The number of phenols is 1. The van der Waals surface area contributed by atoms with E-state index in [-0.39, 0.29) is 5.92 Å². The molecule has 27 heavy (non-hydrogen) atoms. The second-order valence-electron chi connectivity index (χ2n) is 7.80. The molecule has 9 heteroatoms. The predicted molar refractivity (Wildman–Crippen MR) is 98.2 cm³/mol. The Bertz CT molecular complexity index is 870. The lowest BCUT2D eigenvalue weighted by atomic mass is 10.1. The Hall–Kier alpha value is -1.87. The molecule has 0 bridgehead atoms. The molecule has 4 rings (SSSR count). The molecule has 1 saturated heterocycles. The van der Waals surface area contributed by atoms with Gasteiger partial charge in [-0.25, -0.2) is 13.4 Å². The van der Waals surface area contributed by atoms with Gasteiger partial charge in [0.15, 0.2) is 5.82 Å². The summed E-state index contributed by atoms with van der Waals surface area (Å²) in [6.45, 7) is 1.18. The number of fused-ring (bicyclic) bond motifs is 1. The molecule has 1 atom stereocenters. The van der Waals surface area contributed by atoms with E-state index >= 15 is 4.39 Å². The molecule has 1 heterocycles. The van der Waals surface area contributed by atoms with Gasteiger partial charge >= 0.3 is 10.2 Å². The minimum Gasteiger partial charge on any atom is -0.506 e. The second-order valence-corrected chi connectivity index (χ2v) is 9.39. The molecule has 0 aromatic heterocycles. The Morgan fingerprint density at radius 2 is 2.07 bits per heavy atom. The minimum absolute atomic E-state index is 0.208. The molecule has 0 radical (unpaired) electrons. The van der Waals surface area contributed by atoms with Crippen molar-refractivity contribution in [1.29, 1.82) is 0 Å². The maximum atomic E-state index is 15.0. The Morgan fingerprint density at radius 3 is 2.74 bits per heavy atom. The SMILES string of the molecule is O=C1CN(c2c(O)cc3c(c2F)CC(CNCCCC2CC2)C3)S(=O)(=O)N1. The third-order valence-corrected chi connectivity index (χ3v) is 6.96. The zero-order valence-corrected chi connectivity index (χ0v) is 15.8. The average Bonchev–Trinajstić information content (AvgIpc) is 3.25. The molecular weight excluding hydrogens is 373 g/mol. The van der Waals surface area contributed by atoms with Crippen LogP contribution >= 0.6 is 0 Å². The Morgan fingerprint density at radius 1 is 1.30 bits per heavy atom. The monoisotopic (exact) mass is 397 g/mol. The number of carbonyl (C=O) groups is 1. The summed E-state index contributed by atoms with van der Waals surface area (Å²) in [6, 6.07) is 1.43. The van der Waals surface area contributed by atoms with Crippen LogP contribution in [-0.4, -0.2) is 39.1 Å². The number of nitrogens with one attached hydrogen (secondary N) is 2. The van der Waals surface area contributed by atoms with Crippen molar-refractivity contribution >= 4 is 21.8 Å². The maximum Gasteiger partial charge on any atom is 0.326 e. The van der Waals surface area contributed by atoms with Crippen LogP contribution in [-0.2, 0) is 27.8 Å². The lowest BCUT2D eigenvalue weighted by molar-refractivity contribution is -0.117. The van der Waals surface area contributed by atoms with E-state index in [1.807, 2.05) is 0 Å². The third kappa shape index (κ3) is 3.75. The van der Waals surface area contributed by atoms with Crippen LogP contribution in [0.15, 0.2) is 6.07 Å². The highest BCUT2D eigenvalue weighted by atomic mass is 32.2. The number of rotatable bonds is 7. The first-order chi connectivity index (χ1) is 12.8. The molecule has 2 fully saturated rings. The van der Waals surface area contributed by atoms with Crippen molar-refractivity contribution in [2.45, 2.75) is 38.5 Å². The molecule has 1 amide bonds. The number of hydrogen-bond donors (Lipinski definition) is 3. The Labute approximate surface area is 158 Å². The number of phenolic OH excluding ortho intramolecular Hbond substituents is 1. The molecule has 3 aliphatic rings. The third-order valence-electron chi connectivity index (χ3n) is 5.58. The van der Waals surface area contributed by atoms with E-state index in [0.29, 0.717) is 28.3 Å². The summed E-state index contributed by atoms with van der Waals surface area (Å²) in [7, 11) is -4.17. The summed E-state index contributed by atoms with van der Waals surface area (Å²) in [5.74, 6) is -0.825. The second kappa shape index (κ2) is 6.94. The number of hydrogen-bond acceptors (Lipinski definition) is 5. The van der Waals surface area contributed by atoms with Gasteiger partial charge in [0, 0.05) is 0 Å². The lowest BCUT2D eigenvalue weighted by Crippen LogP contribution is -2.30. The molecule has 3 N–H and O–H groups in total. The largest absolute Gasteiger partial charge is 0.506 e. The molecule has 148 valence electrons. The number of nitrogens with zero attached hydrogens (tertiary/aromatic N) is 1. The number of amides is 1. The van der Waals surface area contributed by atoms with E-state index < -0.39 is 39.9 Å². The first-order valence-electron chi connectivity index (χ1n) is 9.42. The van der Waals surface area contributed by atoms with Crippen LogP contribution in [0.25, 0.3) is 0 Å². The van der Waals surface area contributed by atoms with E-state index in [1.54, 1.807) is 4.72 Å². The van der Waals surface area contributed by atoms with Crippen LogP contribution < -0.4 is 14.3 Å². The first-order valence-corrected chi connectivity index (χ1v) is 10.9. The summed E-state index contributed by atoms with van der Waals surface area (Å²) < 4.78 is 41.4. The predicted octanol–water partition coefficient (Wildman–Crippen LogP) is 1.21. The number of halogens is 1. The molecule has 1 aromatic rings. The summed E-state index contributed by atoms with van der Waals surface area (Å²) in [5.41, 5.74) is 0.696. The van der Waals surface area contributed by atoms with Crippen molar-refractivity contribution in [2.24, 2.45) is 11.8 Å².